The van der Waals surface area contributed by atoms with Crippen LogP contribution in [0.2, 0.25) is 0 Å². The van der Waals surface area contributed by atoms with E-state index in [9.17, 15) is 4.79 Å². The summed E-state index contributed by atoms with van der Waals surface area (Å²) in [5.74, 6) is -0.680. The monoisotopic (exact) mass is 220 g/mol. The van der Waals surface area contributed by atoms with Crippen LogP contribution in [0.15, 0.2) is 5.38 Å². The fourth-order valence-electron chi connectivity index (χ4n) is 0.639. The summed E-state index contributed by atoms with van der Waals surface area (Å²) in [5, 5.41) is 22.8. The highest BCUT2D eigenvalue weighted by atomic mass is 32.2. The fourth-order valence-corrected chi connectivity index (χ4v) is 1.82. The van der Waals surface area contributed by atoms with Gasteiger partial charge in [0.1, 0.15) is 0 Å². The zero-order chi connectivity index (χ0) is 9.68. The van der Waals surface area contributed by atoms with Crippen molar-refractivity contribution in [3.05, 3.63) is 11.1 Å². The first kappa shape index (κ1) is 10.4. The molecule has 2 N–H and O–H groups in total. The van der Waals surface area contributed by atoms with E-state index in [4.69, 9.17) is 10.2 Å². The van der Waals surface area contributed by atoms with Crippen LogP contribution in [0.1, 0.15) is 5.69 Å². The summed E-state index contributed by atoms with van der Waals surface area (Å²) < 4.78 is 3.66. The molecule has 1 atom stereocenters. The number of thioether (sulfide) groups is 1. The molecular formula is C6H8N2O3S2. The third-order valence-electron chi connectivity index (χ3n) is 1.25. The number of hydrogen-bond acceptors (Lipinski definition) is 6. The van der Waals surface area contributed by atoms with Gasteiger partial charge < -0.3 is 10.2 Å². The lowest BCUT2D eigenvalue weighted by Crippen LogP contribution is -2.15. The maximum absolute atomic E-state index is 10.2. The molecule has 0 aliphatic rings. The Bertz CT molecular complexity index is 265. The smallest absolute Gasteiger partial charge is 0.343 e. The van der Waals surface area contributed by atoms with Gasteiger partial charge in [-0.3, -0.25) is 0 Å². The highest BCUT2D eigenvalue weighted by molar-refractivity contribution is 8.00. The summed E-state index contributed by atoms with van der Waals surface area (Å²) in [7, 11) is 0. The van der Waals surface area contributed by atoms with Crippen molar-refractivity contribution < 1.29 is 15.0 Å². The van der Waals surface area contributed by atoms with Crippen molar-refractivity contribution in [2.24, 2.45) is 0 Å². The molecule has 0 bridgehead atoms. The summed E-state index contributed by atoms with van der Waals surface area (Å²) in [6, 6.07) is 0. The summed E-state index contributed by atoms with van der Waals surface area (Å²) in [5.41, 5.74) is -0.512. The van der Waals surface area contributed by atoms with Gasteiger partial charge in [-0.1, -0.05) is 4.49 Å². The number of aliphatic carboxylic acids is 1. The molecule has 7 heteroatoms. The third-order valence-corrected chi connectivity index (χ3v) is 2.76. The molecule has 1 aromatic heterocycles. The van der Waals surface area contributed by atoms with E-state index < -0.39 is 11.4 Å². The number of rotatable bonds is 5. The zero-order valence-corrected chi connectivity index (χ0v) is 8.22. The Morgan fingerprint density at radius 2 is 2.54 bits per heavy atom. The number of aromatic nitrogens is 2. The predicted molar refractivity (Wildman–Crippen MR) is 49.7 cm³/mol. The standard InChI is InChI=1S/C6H8N2O3S2/c9-5(10)6(11)12-2-1-4-3-13-8-7-4/h3,6,11H,1-2H2,(H,9,10). The molecule has 0 aliphatic heterocycles. The molecule has 5 nitrogen and oxygen atoms in total. The van der Waals surface area contributed by atoms with Gasteiger partial charge >= 0.3 is 5.97 Å². The normalized spacial score (nSPS) is 12.7. The first-order chi connectivity index (χ1) is 6.20. The van der Waals surface area contributed by atoms with Gasteiger partial charge in [0, 0.05) is 17.6 Å². The fraction of sp³-hybridized carbons (Fsp3) is 0.500. The molecule has 72 valence electrons. The number of carboxylic acid groups (broad SMARTS) is 1. The lowest BCUT2D eigenvalue weighted by Gasteiger charge is -2.02. The van der Waals surface area contributed by atoms with Gasteiger partial charge in [0.2, 0.25) is 0 Å². The Kier molecular flexibility index (Phi) is 4.13. The molecule has 0 amide bonds. The van der Waals surface area contributed by atoms with E-state index in [1.54, 1.807) is 5.38 Å². The molecule has 0 saturated carbocycles. The Morgan fingerprint density at radius 3 is 3.08 bits per heavy atom. The lowest BCUT2D eigenvalue weighted by atomic mass is 10.4. The van der Waals surface area contributed by atoms with Crippen molar-refractivity contribution in [1.29, 1.82) is 0 Å². The van der Waals surface area contributed by atoms with Crippen molar-refractivity contribution in [2.45, 2.75) is 11.9 Å². The van der Waals surface area contributed by atoms with Crippen LogP contribution in [-0.2, 0) is 11.2 Å². The topological polar surface area (TPSA) is 83.3 Å². The van der Waals surface area contributed by atoms with Crippen molar-refractivity contribution in [3.8, 4) is 0 Å². The number of nitrogens with zero attached hydrogens (tertiary/aromatic N) is 2. The number of aliphatic hydroxyl groups is 1. The predicted octanol–water partition coefficient (Wildman–Crippen LogP) is 0.217. The van der Waals surface area contributed by atoms with Crippen molar-refractivity contribution in [1.82, 2.24) is 9.59 Å². The van der Waals surface area contributed by atoms with Gasteiger partial charge in [-0.15, -0.1) is 16.9 Å². The first-order valence-electron chi connectivity index (χ1n) is 3.48. The Labute approximate surface area is 83.0 Å². The number of aryl methyl sites for hydroxylation is 1. The lowest BCUT2D eigenvalue weighted by molar-refractivity contribution is -0.141. The molecule has 0 spiro atoms. The van der Waals surface area contributed by atoms with Crippen LogP contribution in [0.25, 0.3) is 0 Å². The van der Waals surface area contributed by atoms with Crippen molar-refractivity contribution in [2.75, 3.05) is 5.75 Å². The van der Waals surface area contributed by atoms with Gasteiger partial charge in [0.05, 0.1) is 5.69 Å². The van der Waals surface area contributed by atoms with Crippen LogP contribution >= 0.6 is 23.3 Å². The van der Waals surface area contributed by atoms with Crippen LogP contribution in [0.5, 0.6) is 0 Å². The van der Waals surface area contributed by atoms with Gasteiger partial charge in [0.15, 0.2) is 5.44 Å². The molecule has 0 aliphatic carbocycles. The van der Waals surface area contributed by atoms with Crippen LogP contribution in [0.4, 0.5) is 0 Å². The average molecular weight is 220 g/mol. The van der Waals surface area contributed by atoms with Crippen LogP contribution < -0.4 is 0 Å². The van der Waals surface area contributed by atoms with Crippen LogP contribution in [-0.4, -0.2) is 37.0 Å². The Balaban J connectivity index is 2.18. The van der Waals surface area contributed by atoms with E-state index in [1.807, 2.05) is 0 Å². The number of aliphatic hydroxyl groups excluding tert-OH is 1. The molecule has 1 heterocycles. The molecular weight excluding hydrogens is 212 g/mol. The second-order valence-electron chi connectivity index (χ2n) is 2.21. The molecule has 13 heavy (non-hydrogen) atoms. The molecule has 0 aromatic carbocycles. The van der Waals surface area contributed by atoms with Gasteiger partial charge in [-0.05, 0) is 11.5 Å². The second-order valence-corrected chi connectivity index (χ2v) is 4.01. The molecule has 0 saturated heterocycles. The highest BCUT2D eigenvalue weighted by Gasteiger charge is 2.12. The van der Waals surface area contributed by atoms with Crippen LogP contribution in [0, 0.1) is 0 Å². The van der Waals surface area contributed by atoms with E-state index >= 15 is 0 Å². The average Bonchev–Trinajstić information content (AvgIpc) is 2.56. The Morgan fingerprint density at radius 1 is 1.77 bits per heavy atom. The molecule has 0 radical (unpaired) electrons. The summed E-state index contributed by atoms with van der Waals surface area (Å²) in [6.07, 6.45) is 0.630. The number of hydrogen-bond donors (Lipinski definition) is 2. The largest absolute Gasteiger partial charge is 0.479 e. The number of carbonyl (C=O) groups is 1. The zero-order valence-electron chi connectivity index (χ0n) is 6.58. The summed E-state index contributed by atoms with van der Waals surface area (Å²) in [4.78, 5) is 10.2. The maximum Gasteiger partial charge on any atom is 0.343 e. The summed E-state index contributed by atoms with van der Waals surface area (Å²) in [6.45, 7) is 0. The van der Waals surface area contributed by atoms with E-state index in [0.717, 1.165) is 17.5 Å². The minimum absolute atomic E-state index is 0.527. The van der Waals surface area contributed by atoms with Crippen molar-refractivity contribution in [3.63, 3.8) is 0 Å². The van der Waals surface area contributed by atoms with Gasteiger partial charge in [-0.2, -0.15) is 0 Å². The van der Waals surface area contributed by atoms with E-state index in [2.05, 4.69) is 9.59 Å². The Hall–Kier alpha value is -0.660. The second kappa shape index (κ2) is 5.15. The van der Waals surface area contributed by atoms with Crippen molar-refractivity contribution >= 4 is 29.3 Å². The van der Waals surface area contributed by atoms with E-state index in [-0.39, 0.29) is 0 Å². The highest BCUT2D eigenvalue weighted by Crippen LogP contribution is 2.10. The molecule has 0 fully saturated rings. The minimum Gasteiger partial charge on any atom is -0.479 e. The number of carboxylic acids is 1. The van der Waals surface area contributed by atoms with Gasteiger partial charge in [-0.25, -0.2) is 4.79 Å². The SMILES string of the molecule is O=C(O)C(O)SCCc1csnn1. The van der Waals surface area contributed by atoms with Gasteiger partial charge in [0.25, 0.3) is 0 Å². The third kappa shape index (κ3) is 3.71. The van der Waals surface area contributed by atoms with E-state index in [1.165, 1.54) is 11.5 Å². The van der Waals surface area contributed by atoms with Crippen LogP contribution in [0.3, 0.4) is 0 Å². The summed E-state index contributed by atoms with van der Waals surface area (Å²) >= 11 is 2.23. The maximum atomic E-state index is 10.2. The first-order valence-corrected chi connectivity index (χ1v) is 5.37. The molecule has 1 aromatic rings. The quantitative estimate of drug-likeness (QED) is 0.690. The minimum atomic E-state index is -1.34. The van der Waals surface area contributed by atoms with E-state index in [0.29, 0.717) is 12.2 Å². The molecule has 1 rings (SSSR count). The molecule has 1 unspecified atom stereocenters.